The van der Waals surface area contributed by atoms with E-state index < -0.39 is 0 Å². The number of benzene rings is 2. The van der Waals surface area contributed by atoms with E-state index in [2.05, 4.69) is 11.0 Å². The van der Waals surface area contributed by atoms with Crippen LogP contribution in [0.25, 0.3) is 0 Å². The van der Waals surface area contributed by atoms with E-state index in [1.54, 1.807) is 12.1 Å². The Hall–Kier alpha value is -2.60. The van der Waals surface area contributed by atoms with Gasteiger partial charge >= 0.3 is 0 Å². The number of nitrogens with one attached hydrogen (secondary N) is 1. The standard InChI is InChI=1S/C24H30FN3O2/c1-2-30-23-10-6-5-9-22(23)27-15-13-26(14-16-27)18-24(29)28(20-11-12-20)17-19-7-3-4-8-21(19)25/h3-10,20H,2,11-18H2,1H3/p+1. The summed E-state index contributed by atoms with van der Waals surface area (Å²) in [5.41, 5.74) is 1.73. The number of anilines is 1. The van der Waals surface area contributed by atoms with Crippen molar-refractivity contribution < 1.29 is 18.8 Å². The molecule has 1 aliphatic carbocycles. The number of halogens is 1. The molecule has 2 fully saturated rings. The number of ether oxygens (including phenoxy) is 1. The SMILES string of the molecule is CCOc1ccccc1N1CC[NH+](CC(=O)N(Cc2ccccc2F)C2CC2)CC1. The number of piperazine rings is 1. The van der Waals surface area contributed by atoms with Gasteiger partial charge in [0.2, 0.25) is 0 Å². The Morgan fingerprint density at radius 1 is 1.13 bits per heavy atom. The second kappa shape index (κ2) is 9.47. The molecule has 0 spiro atoms. The number of amides is 1. The highest BCUT2D eigenvalue weighted by atomic mass is 19.1. The van der Waals surface area contributed by atoms with Gasteiger partial charge in [-0.15, -0.1) is 0 Å². The van der Waals surface area contributed by atoms with E-state index in [1.165, 1.54) is 11.0 Å². The molecule has 0 radical (unpaired) electrons. The first-order chi connectivity index (χ1) is 14.7. The number of rotatable bonds is 8. The molecule has 5 nitrogen and oxygen atoms in total. The molecule has 6 heteroatoms. The van der Waals surface area contributed by atoms with Crippen LogP contribution in [0.5, 0.6) is 5.75 Å². The molecule has 2 aliphatic rings. The average molecular weight is 413 g/mol. The van der Waals surface area contributed by atoms with Crippen molar-refractivity contribution in [3.05, 3.63) is 59.9 Å². The summed E-state index contributed by atoms with van der Waals surface area (Å²) in [4.78, 5) is 18.6. The van der Waals surface area contributed by atoms with Crippen LogP contribution in [0.15, 0.2) is 48.5 Å². The summed E-state index contributed by atoms with van der Waals surface area (Å²) >= 11 is 0. The summed E-state index contributed by atoms with van der Waals surface area (Å²) in [6.07, 6.45) is 2.05. The van der Waals surface area contributed by atoms with Crippen LogP contribution < -0.4 is 14.5 Å². The third-order valence-electron chi connectivity index (χ3n) is 5.98. The minimum absolute atomic E-state index is 0.138. The summed E-state index contributed by atoms with van der Waals surface area (Å²) in [6.45, 7) is 7.10. The summed E-state index contributed by atoms with van der Waals surface area (Å²) in [6, 6.07) is 15.2. The predicted molar refractivity (Wildman–Crippen MR) is 115 cm³/mol. The van der Waals surface area contributed by atoms with Crippen LogP contribution >= 0.6 is 0 Å². The van der Waals surface area contributed by atoms with Gasteiger partial charge in [-0.1, -0.05) is 30.3 Å². The Balaban J connectivity index is 1.34. The molecule has 160 valence electrons. The Morgan fingerprint density at radius 3 is 2.53 bits per heavy atom. The highest BCUT2D eigenvalue weighted by Crippen LogP contribution is 2.29. The molecule has 0 unspecified atom stereocenters. The summed E-state index contributed by atoms with van der Waals surface area (Å²) in [5.74, 6) is 0.827. The molecule has 30 heavy (non-hydrogen) atoms. The van der Waals surface area contributed by atoms with Crippen LogP contribution in [-0.4, -0.2) is 56.2 Å². The molecular weight excluding hydrogens is 381 g/mol. The fraction of sp³-hybridized carbons (Fsp3) is 0.458. The maximum Gasteiger partial charge on any atom is 0.278 e. The molecule has 1 heterocycles. The van der Waals surface area contributed by atoms with E-state index >= 15 is 0 Å². The fourth-order valence-corrected chi connectivity index (χ4v) is 4.17. The lowest BCUT2D eigenvalue weighted by molar-refractivity contribution is -0.892. The molecule has 1 aliphatic heterocycles. The number of carbonyl (C=O) groups is 1. The number of carbonyl (C=O) groups excluding carboxylic acids is 1. The molecule has 2 aromatic carbocycles. The Labute approximate surface area is 178 Å². The van der Waals surface area contributed by atoms with Crippen molar-refractivity contribution in [3.63, 3.8) is 0 Å². The topological polar surface area (TPSA) is 37.2 Å². The molecule has 1 amide bonds. The number of para-hydroxylation sites is 2. The smallest absolute Gasteiger partial charge is 0.278 e. The van der Waals surface area contributed by atoms with Crippen molar-refractivity contribution in [3.8, 4) is 5.75 Å². The van der Waals surface area contributed by atoms with Crippen LogP contribution in [0.4, 0.5) is 10.1 Å². The molecule has 0 bridgehead atoms. The Kier molecular flexibility index (Phi) is 6.53. The van der Waals surface area contributed by atoms with Gasteiger partial charge in [0.15, 0.2) is 6.54 Å². The van der Waals surface area contributed by atoms with Gasteiger partial charge in [0, 0.05) is 18.2 Å². The van der Waals surface area contributed by atoms with Gasteiger partial charge in [-0.25, -0.2) is 4.39 Å². The van der Waals surface area contributed by atoms with Gasteiger partial charge in [0.1, 0.15) is 11.6 Å². The fourth-order valence-electron chi connectivity index (χ4n) is 4.17. The summed E-state index contributed by atoms with van der Waals surface area (Å²) in [7, 11) is 0. The van der Waals surface area contributed by atoms with Gasteiger partial charge in [-0.3, -0.25) is 4.79 Å². The van der Waals surface area contributed by atoms with Crippen LogP contribution in [0.1, 0.15) is 25.3 Å². The highest BCUT2D eigenvalue weighted by molar-refractivity contribution is 5.77. The number of hydrogen-bond donors (Lipinski definition) is 1. The summed E-state index contributed by atoms with van der Waals surface area (Å²) in [5, 5.41) is 0. The molecular formula is C24H31FN3O2+. The first-order valence-electron chi connectivity index (χ1n) is 11.0. The van der Waals surface area contributed by atoms with Crippen molar-refractivity contribution in [1.29, 1.82) is 0 Å². The molecule has 2 aromatic rings. The van der Waals surface area contributed by atoms with E-state index in [-0.39, 0.29) is 17.8 Å². The zero-order valence-electron chi connectivity index (χ0n) is 17.6. The second-order valence-corrected chi connectivity index (χ2v) is 8.16. The predicted octanol–water partition coefficient (Wildman–Crippen LogP) is 2.12. The molecule has 1 saturated heterocycles. The number of hydrogen-bond acceptors (Lipinski definition) is 3. The van der Waals surface area contributed by atoms with Crippen molar-refractivity contribution >= 4 is 11.6 Å². The molecule has 0 atom stereocenters. The van der Waals surface area contributed by atoms with E-state index in [0.29, 0.717) is 25.3 Å². The maximum atomic E-state index is 14.1. The normalized spacial score (nSPS) is 17.1. The third-order valence-corrected chi connectivity index (χ3v) is 5.98. The summed E-state index contributed by atoms with van der Waals surface area (Å²) < 4.78 is 19.9. The van der Waals surface area contributed by atoms with Gasteiger partial charge in [-0.2, -0.15) is 0 Å². The van der Waals surface area contributed by atoms with Crippen molar-refractivity contribution in [2.75, 3.05) is 44.2 Å². The van der Waals surface area contributed by atoms with Gasteiger partial charge in [0.05, 0.1) is 38.5 Å². The lowest BCUT2D eigenvalue weighted by Crippen LogP contribution is -3.15. The van der Waals surface area contributed by atoms with Gasteiger partial charge in [-0.05, 0) is 38.0 Å². The average Bonchev–Trinajstić information content (AvgIpc) is 3.59. The molecule has 0 aromatic heterocycles. The van der Waals surface area contributed by atoms with Crippen molar-refractivity contribution in [2.45, 2.75) is 32.4 Å². The lowest BCUT2D eigenvalue weighted by atomic mass is 10.2. The highest BCUT2D eigenvalue weighted by Gasteiger charge is 2.35. The largest absolute Gasteiger partial charge is 0.492 e. The third kappa shape index (κ3) is 4.93. The van der Waals surface area contributed by atoms with Crippen LogP contribution in [0, 0.1) is 5.82 Å². The quantitative estimate of drug-likeness (QED) is 0.722. The minimum atomic E-state index is -0.232. The van der Waals surface area contributed by atoms with E-state index in [0.717, 1.165) is 50.5 Å². The zero-order valence-corrected chi connectivity index (χ0v) is 17.6. The van der Waals surface area contributed by atoms with Crippen LogP contribution in [0.3, 0.4) is 0 Å². The van der Waals surface area contributed by atoms with E-state index in [9.17, 15) is 9.18 Å². The van der Waals surface area contributed by atoms with E-state index in [1.807, 2.05) is 36.1 Å². The minimum Gasteiger partial charge on any atom is -0.492 e. The van der Waals surface area contributed by atoms with Crippen LogP contribution in [-0.2, 0) is 11.3 Å². The van der Waals surface area contributed by atoms with E-state index in [4.69, 9.17) is 4.74 Å². The van der Waals surface area contributed by atoms with Crippen molar-refractivity contribution in [1.82, 2.24) is 4.90 Å². The second-order valence-electron chi connectivity index (χ2n) is 8.16. The Morgan fingerprint density at radius 2 is 1.83 bits per heavy atom. The lowest BCUT2D eigenvalue weighted by Gasteiger charge is -2.35. The molecule has 1 N–H and O–H groups in total. The Bertz CT molecular complexity index is 863. The monoisotopic (exact) mass is 412 g/mol. The number of quaternary nitrogens is 1. The van der Waals surface area contributed by atoms with Gasteiger partial charge in [0.25, 0.3) is 5.91 Å². The number of nitrogens with zero attached hydrogens (tertiary/aromatic N) is 2. The molecule has 4 rings (SSSR count). The van der Waals surface area contributed by atoms with Gasteiger partial charge < -0.3 is 19.4 Å². The zero-order chi connectivity index (χ0) is 20.9. The van der Waals surface area contributed by atoms with Crippen LogP contribution in [0.2, 0.25) is 0 Å². The molecule has 1 saturated carbocycles. The maximum absolute atomic E-state index is 14.1. The first-order valence-corrected chi connectivity index (χ1v) is 11.0. The van der Waals surface area contributed by atoms with Crippen molar-refractivity contribution in [2.24, 2.45) is 0 Å². The first kappa shape index (κ1) is 20.7.